The highest BCUT2D eigenvalue weighted by Crippen LogP contribution is 2.31. The molecule has 0 aliphatic rings. The van der Waals surface area contributed by atoms with E-state index in [2.05, 4.69) is 15.6 Å². The van der Waals surface area contributed by atoms with Crippen molar-refractivity contribution >= 4 is 28.2 Å². The summed E-state index contributed by atoms with van der Waals surface area (Å²) in [6, 6.07) is 6.46. The molecule has 20 heavy (non-hydrogen) atoms. The number of hydrogen-bond acceptors (Lipinski definition) is 5. The monoisotopic (exact) mass is 274 g/mol. The number of rotatable bonds is 4. The van der Waals surface area contributed by atoms with Gasteiger partial charge in [-0.3, -0.25) is 14.9 Å². The maximum atomic E-state index is 11.6. The zero-order valence-corrected chi connectivity index (χ0v) is 11.1. The van der Waals surface area contributed by atoms with Crippen LogP contribution in [0.15, 0.2) is 30.5 Å². The zero-order valence-electron chi connectivity index (χ0n) is 11.1. The van der Waals surface area contributed by atoms with Gasteiger partial charge in [0.25, 0.3) is 0 Å². The molecule has 0 bridgehead atoms. The lowest BCUT2D eigenvalue weighted by molar-refractivity contribution is -0.384. The van der Waals surface area contributed by atoms with E-state index in [1.807, 2.05) is 0 Å². The first-order valence-electron chi connectivity index (χ1n) is 6.05. The average molecular weight is 274 g/mol. The topological polar surface area (TPSA) is 97.2 Å². The van der Waals surface area contributed by atoms with Crippen molar-refractivity contribution < 1.29 is 9.72 Å². The Hall–Kier alpha value is -2.70. The Labute approximate surface area is 115 Å². The van der Waals surface area contributed by atoms with E-state index in [0.29, 0.717) is 16.6 Å². The SMILES string of the molecule is CNC(=O)C(C)Nc1c([N+](=O)[O-])cnc2ccccc12. The number of carbonyl (C=O) groups is 1. The van der Waals surface area contributed by atoms with Crippen LogP contribution in [-0.4, -0.2) is 28.9 Å². The van der Waals surface area contributed by atoms with Gasteiger partial charge in [0.2, 0.25) is 5.91 Å². The molecule has 0 fully saturated rings. The van der Waals surface area contributed by atoms with Gasteiger partial charge in [-0.2, -0.15) is 0 Å². The van der Waals surface area contributed by atoms with Gasteiger partial charge in [0, 0.05) is 12.4 Å². The summed E-state index contributed by atoms with van der Waals surface area (Å²) in [7, 11) is 1.51. The molecule has 1 heterocycles. The average Bonchev–Trinajstić information content (AvgIpc) is 2.46. The van der Waals surface area contributed by atoms with Crippen LogP contribution in [0.5, 0.6) is 0 Å². The molecule has 1 unspecified atom stereocenters. The fourth-order valence-electron chi connectivity index (χ4n) is 1.92. The summed E-state index contributed by atoms with van der Waals surface area (Å²) in [6.45, 7) is 1.64. The zero-order chi connectivity index (χ0) is 14.7. The number of fused-ring (bicyclic) bond motifs is 1. The first kappa shape index (κ1) is 13.7. The normalized spacial score (nSPS) is 11.9. The van der Waals surface area contributed by atoms with Gasteiger partial charge in [-0.05, 0) is 13.0 Å². The molecule has 2 rings (SSSR count). The summed E-state index contributed by atoms with van der Waals surface area (Å²) < 4.78 is 0. The fraction of sp³-hybridized carbons (Fsp3) is 0.231. The van der Waals surface area contributed by atoms with Crippen molar-refractivity contribution in [2.45, 2.75) is 13.0 Å². The maximum absolute atomic E-state index is 11.6. The molecule has 0 aliphatic carbocycles. The van der Waals surface area contributed by atoms with Crippen LogP contribution in [0.4, 0.5) is 11.4 Å². The second-order valence-electron chi connectivity index (χ2n) is 4.27. The van der Waals surface area contributed by atoms with Crippen LogP contribution in [-0.2, 0) is 4.79 Å². The molecular weight excluding hydrogens is 260 g/mol. The van der Waals surface area contributed by atoms with E-state index in [4.69, 9.17) is 0 Å². The lowest BCUT2D eigenvalue weighted by Crippen LogP contribution is -2.35. The quantitative estimate of drug-likeness (QED) is 0.653. The van der Waals surface area contributed by atoms with Crippen LogP contribution >= 0.6 is 0 Å². The Morgan fingerprint density at radius 1 is 1.40 bits per heavy atom. The molecule has 2 aromatic rings. The molecule has 1 aromatic carbocycles. The lowest BCUT2D eigenvalue weighted by atomic mass is 10.1. The number of nitrogens with zero attached hydrogens (tertiary/aromatic N) is 2. The molecule has 1 aromatic heterocycles. The molecule has 0 saturated heterocycles. The Bertz CT molecular complexity index is 672. The Morgan fingerprint density at radius 3 is 2.75 bits per heavy atom. The molecule has 0 saturated carbocycles. The lowest BCUT2D eigenvalue weighted by Gasteiger charge is -2.15. The van der Waals surface area contributed by atoms with Crippen molar-refractivity contribution in [3.63, 3.8) is 0 Å². The van der Waals surface area contributed by atoms with Crippen molar-refractivity contribution in [2.75, 3.05) is 12.4 Å². The number of carbonyl (C=O) groups excluding carboxylic acids is 1. The van der Waals surface area contributed by atoms with Gasteiger partial charge in [-0.1, -0.05) is 18.2 Å². The van der Waals surface area contributed by atoms with Gasteiger partial charge < -0.3 is 10.6 Å². The molecule has 1 amide bonds. The molecule has 0 radical (unpaired) electrons. The van der Waals surface area contributed by atoms with E-state index in [0.717, 1.165) is 0 Å². The minimum absolute atomic E-state index is 0.153. The molecule has 2 N–H and O–H groups in total. The largest absolute Gasteiger partial charge is 0.368 e. The molecule has 0 spiro atoms. The number of anilines is 1. The number of likely N-dealkylation sites (N-methyl/N-ethyl adjacent to an activating group) is 1. The highest BCUT2D eigenvalue weighted by molar-refractivity contribution is 5.97. The predicted octanol–water partition coefficient (Wildman–Crippen LogP) is 1.69. The standard InChI is InChI=1S/C13H14N4O3/c1-8(13(18)14-2)16-12-9-5-3-4-6-10(9)15-7-11(12)17(19)20/h3-8H,1-2H3,(H,14,18)(H,15,16). The third kappa shape index (κ3) is 2.51. The number of para-hydroxylation sites is 1. The van der Waals surface area contributed by atoms with Crippen molar-refractivity contribution in [2.24, 2.45) is 0 Å². The third-order valence-corrected chi connectivity index (χ3v) is 2.95. The molecule has 104 valence electrons. The second kappa shape index (κ2) is 5.52. The maximum Gasteiger partial charge on any atom is 0.311 e. The summed E-state index contributed by atoms with van der Waals surface area (Å²) in [5, 5.41) is 17.1. The molecule has 1 atom stereocenters. The molecule has 7 nitrogen and oxygen atoms in total. The molecule has 0 aliphatic heterocycles. The first-order valence-corrected chi connectivity index (χ1v) is 6.05. The van der Waals surface area contributed by atoms with Crippen LogP contribution in [0.25, 0.3) is 10.9 Å². The van der Waals surface area contributed by atoms with E-state index in [-0.39, 0.29) is 11.6 Å². The van der Waals surface area contributed by atoms with Crippen LogP contribution in [0.1, 0.15) is 6.92 Å². The van der Waals surface area contributed by atoms with Crippen LogP contribution in [0, 0.1) is 10.1 Å². The summed E-state index contributed by atoms with van der Waals surface area (Å²) in [5.74, 6) is -0.250. The minimum Gasteiger partial charge on any atom is -0.368 e. The van der Waals surface area contributed by atoms with Gasteiger partial charge >= 0.3 is 5.69 Å². The molecule has 7 heteroatoms. The number of hydrogen-bond donors (Lipinski definition) is 2. The van der Waals surface area contributed by atoms with Crippen molar-refractivity contribution in [1.29, 1.82) is 0 Å². The van der Waals surface area contributed by atoms with Crippen LogP contribution < -0.4 is 10.6 Å². The predicted molar refractivity (Wildman–Crippen MR) is 75.5 cm³/mol. The number of aromatic nitrogens is 1. The van der Waals surface area contributed by atoms with Gasteiger partial charge in [-0.25, -0.2) is 4.98 Å². The van der Waals surface area contributed by atoms with E-state index in [1.165, 1.54) is 13.2 Å². The van der Waals surface area contributed by atoms with Gasteiger partial charge in [0.1, 0.15) is 17.9 Å². The Kier molecular flexibility index (Phi) is 3.79. The van der Waals surface area contributed by atoms with Gasteiger partial charge in [0.15, 0.2) is 0 Å². The van der Waals surface area contributed by atoms with Gasteiger partial charge in [-0.15, -0.1) is 0 Å². The highest BCUT2D eigenvalue weighted by atomic mass is 16.6. The summed E-state index contributed by atoms with van der Waals surface area (Å²) in [6.07, 6.45) is 1.20. The van der Waals surface area contributed by atoms with Crippen LogP contribution in [0.2, 0.25) is 0 Å². The van der Waals surface area contributed by atoms with Gasteiger partial charge in [0.05, 0.1) is 10.4 Å². The number of benzene rings is 1. The van der Waals surface area contributed by atoms with Crippen LogP contribution in [0.3, 0.4) is 0 Å². The number of amides is 1. The fourth-order valence-corrected chi connectivity index (χ4v) is 1.92. The summed E-state index contributed by atoms with van der Waals surface area (Å²) in [5.41, 5.74) is 0.779. The second-order valence-corrected chi connectivity index (χ2v) is 4.27. The van der Waals surface area contributed by atoms with Crippen molar-refractivity contribution in [1.82, 2.24) is 10.3 Å². The summed E-state index contributed by atoms with van der Waals surface area (Å²) in [4.78, 5) is 26.2. The first-order chi connectivity index (χ1) is 9.54. The van der Waals surface area contributed by atoms with E-state index in [9.17, 15) is 14.9 Å². The Morgan fingerprint density at radius 2 is 2.10 bits per heavy atom. The van der Waals surface area contributed by atoms with E-state index in [1.54, 1.807) is 31.2 Å². The number of pyridine rings is 1. The number of nitro groups is 1. The minimum atomic E-state index is -0.593. The Balaban J connectivity index is 2.55. The summed E-state index contributed by atoms with van der Waals surface area (Å²) >= 11 is 0. The van der Waals surface area contributed by atoms with Crippen molar-refractivity contribution in [3.05, 3.63) is 40.6 Å². The smallest absolute Gasteiger partial charge is 0.311 e. The number of nitrogens with one attached hydrogen (secondary N) is 2. The van der Waals surface area contributed by atoms with Crippen molar-refractivity contribution in [3.8, 4) is 0 Å². The van der Waals surface area contributed by atoms with E-state index >= 15 is 0 Å². The highest BCUT2D eigenvalue weighted by Gasteiger charge is 2.21. The third-order valence-electron chi connectivity index (χ3n) is 2.95. The van der Waals surface area contributed by atoms with E-state index < -0.39 is 11.0 Å². The molecular formula is C13H14N4O3.